The fourth-order valence-electron chi connectivity index (χ4n) is 2.96. The molecule has 0 saturated carbocycles. The molecule has 2 N–H and O–H groups in total. The summed E-state index contributed by atoms with van der Waals surface area (Å²) in [5.74, 6) is -0.473. The number of fused-ring (bicyclic) bond motifs is 1. The molecular formula is C20H15F3N6OS. The van der Waals surface area contributed by atoms with Crippen molar-refractivity contribution in [2.75, 3.05) is 4.72 Å². The zero-order valence-electron chi connectivity index (χ0n) is 16.3. The van der Waals surface area contributed by atoms with Gasteiger partial charge in [0.25, 0.3) is 0 Å². The standard InChI is InChI=1S/C20H15F3N6OS/c1-10-5-14(29-31-12-4-3-11(2)13(6-12)20(21,22)23)15(24-7-10)18(30)16-17-19(27-8-25-16)28-9-26-17/h3-9,29H,1-2H3,(H,25,26,27,28). The molecule has 11 heteroatoms. The van der Waals surface area contributed by atoms with E-state index in [1.54, 1.807) is 19.1 Å². The van der Waals surface area contributed by atoms with Gasteiger partial charge >= 0.3 is 6.18 Å². The first-order chi connectivity index (χ1) is 14.7. The maximum absolute atomic E-state index is 13.2. The summed E-state index contributed by atoms with van der Waals surface area (Å²) in [5, 5.41) is 0. The van der Waals surface area contributed by atoms with Gasteiger partial charge in [0, 0.05) is 11.1 Å². The number of rotatable bonds is 5. The lowest BCUT2D eigenvalue weighted by Gasteiger charge is -2.14. The van der Waals surface area contributed by atoms with Crippen LogP contribution in [0.3, 0.4) is 0 Å². The van der Waals surface area contributed by atoms with Crippen LogP contribution in [0.4, 0.5) is 18.9 Å². The summed E-state index contributed by atoms with van der Waals surface area (Å²) in [6.45, 7) is 3.20. The number of nitrogens with one attached hydrogen (secondary N) is 2. The highest BCUT2D eigenvalue weighted by Gasteiger charge is 2.32. The Kier molecular flexibility index (Phi) is 5.36. The first-order valence-corrected chi connectivity index (χ1v) is 9.82. The fraction of sp³-hybridized carbons (Fsp3) is 0.150. The number of carbonyl (C=O) groups excluding carboxylic acids is 1. The zero-order chi connectivity index (χ0) is 22.2. The molecule has 158 valence electrons. The topological polar surface area (TPSA) is 96.4 Å². The van der Waals surface area contributed by atoms with Gasteiger partial charge < -0.3 is 9.71 Å². The van der Waals surface area contributed by atoms with Crippen LogP contribution in [-0.4, -0.2) is 30.7 Å². The first kappa shape index (κ1) is 20.8. The molecule has 0 fully saturated rings. The van der Waals surface area contributed by atoms with Crippen molar-refractivity contribution in [3.63, 3.8) is 0 Å². The van der Waals surface area contributed by atoms with Gasteiger partial charge in [-0.05, 0) is 55.1 Å². The van der Waals surface area contributed by atoms with Gasteiger partial charge in [-0.3, -0.25) is 9.78 Å². The van der Waals surface area contributed by atoms with Crippen LogP contribution >= 0.6 is 11.9 Å². The van der Waals surface area contributed by atoms with Gasteiger partial charge in [-0.15, -0.1) is 0 Å². The lowest BCUT2D eigenvalue weighted by atomic mass is 10.1. The van der Waals surface area contributed by atoms with Gasteiger partial charge in [-0.25, -0.2) is 15.0 Å². The minimum atomic E-state index is -4.45. The Labute approximate surface area is 178 Å². The summed E-state index contributed by atoms with van der Waals surface area (Å²) < 4.78 is 42.6. The molecule has 0 aliphatic heterocycles. The molecule has 0 saturated heterocycles. The highest BCUT2D eigenvalue weighted by Crippen LogP contribution is 2.35. The maximum Gasteiger partial charge on any atom is 0.416 e. The van der Waals surface area contributed by atoms with Crippen molar-refractivity contribution in [1.29, 1.82) is 0 Å². The molecule has 31 heavy (non-hydrogen) atoms. The quantitative estimate of drug-likeness (QED) is 0.339. The number of halogens is 3. The molecule has 7 nitrogen and oxygen atoms in total. The van der Waals surface area contributed by atoms with Crippen molar-refractivity contribution in [1.82, 2.24) is 24.9 Å². The van der Waals surface area contributed by atoms with Crippen LogP contribution < -0.4 is 4.72 Å². The number of aromatic nitrogens is 5. The number of nitrogens with zero attached hydrogens (tertiary/aromatic N) is 4. The number of anilines is 1. The van der Waals surface area contributed by atoms with Crippen LogP contribution in [0.25, 0.3) is 11.2 Å². The van der Waals surface area contributed by atoms with E-state index in [2.05, 4.69) is 29.6 Å². The normalized spacial score (nSPS) is 11.6. The van der Waals surface area contributed by atoms with Crippen LogP contribution in [0, 0.1) is 13.8 Å². The second-order valence-electron chi connectivity index (χ2n) is 6.74. The maximum atomic E-state index is 13.2. The van der Waals surface area contributed by atoms with Crippen molar-refractivity contribution in [2.24, 2.45) is 0 Å². The van der Waals surface area contributed by atoms with E-state index in [1.807, 2.05) is 0 Å². The van der Waals surface area contributed by atoms with E-state index in [4.69, 9.17) is 0 Å². The van der Waals surface area contributed by atoms with E-state index < -0.39 is 17.5 Å². The molecule has 0 aliphatic rings. The Bertz CT molecular complexity index is 1290. The number of hydrogen-bond acceptors (Lipinski definition) is 7. The molecule has 1 aromatic carbocycles. The Morgan fingerprint density at radius 1 is 1.06 bits per heavy atom. The molecular weight excluding hydrogens is 429 g/mol. The number of benzene rings is 1. The van der Waals surface area contributed by atoms with Crippen LogP contribution in [0.15, 0.2) is 48.0 Å². The Balaban J connectivity index is 1.66. The Hall–Kier alpha value is -3.47. The molecule has 0 bridgehead atoms. The van der Waals surface area contributed by atoms with Gasteiger partial charge in [-0.1, -0.05) is 6.07 Å². The summed E-state index contributed by atoms with van der Waals surface area (Å²) in [7, 11) is 0. The largest absolute Gasteiger partial charge is 0.416 e. The van der Waals surface area contributed by atoms with Gasteiger partial charge in [0.15, 0.2) is 5.65 Å². The molecule has 0 radical (unpaired) electrons. The highest BCUT2D eigenvalue weighted by atomic mass is 32.2. The Morgan fingerprint density at radius 3 is 2.65 bits per heavy atom. The monoisotopic (exact) mass is 444 g/mol. The number of aromatic amines is 1. The molecule has 0 unspecified atom stereocenters. The summed E-state index contributed by atoms with van der Waals surface area (Å²) in [6.07, 6.45) is -0.280. The third-order valence-corrected chi connectivity index (χ3v) is 5.28. The average Bonchev–Trinajstić information content (AvgIpc) is 3.21. The second kappa shape index (κ2) is 7.99. The number of alkyl halides is 3. The molecule has 4 aromatic rings. The summed E-state index contributed by atoms with van der Waals surface area (Å²) >= 11 is 0.958. The number of pyridine rings is 1. The van der Waals surface area contributed by atoms with Gasteiger partial charge in [0.05, 0.1) is 17.6 Å². The van der Waals surface area contributed by atoms with E-state index in [9.17, 15) is 18.0 Å². The van der Waals surface area contributed by atoms with E-state index >= 15 is 0 Å². The number of ketones is 1. The van der Waals surface area contributed by atoms with Crippen LogP contribution in [0.2, 0.25) is 0 Å². The van der Waals surface area contributed by atoms with E-state index in [0.717, 1.165) is 23.6 Å². The summed E-state index contributed by atoms with van der Waals surface area (Å²) in [4.78, 5) is 32.6. The van der Waals surface area contributed by atoms with Crippen molar-refractivity contribution < 1.29 is 18.0 Å². The fourth-order valence-corrected chi connectivity index (χ4v) is 3.66. The van der Waals surface area contributed by atoms with Crippen LogP contribution in [-0.2, 0) is 6.18 Å². The van der Waals surface area contributed by atoms with Crippen molar-refractivity contribution in [2.45, 2.75) is 24.9 Å². The predicted molar refractivity (Wildman–Crippen MR) is 110 cm³/mol. The van der Waals surface area contributed by atoms with Crippen molar-refractivity contribution in [3.8, 4) is 0 Å². The van der Waals surface area contributed by atoms with Gasteiger partial charge in [0.1, 0.15) is 23.2 Å². The third-order valence-electron chi connectivity index (χ3n) is 4.47. The van der Waals surface area contributed by atoms with Gasteiger partial charge in [0.2, 0.25) is 5.78 Å². The average molecular weight is 444 g/mol. The summed E-state index contributed by atoms with van der Waals surface area (Å²) in [6, 6.07) is 5.74. The first-order valence-electron chi connectivity index (χ1n) is 9.00. The third kappa shape index (κ3) is 4.22. The van der Waals surface area contributed by atoms with Crippen molar-refractivity contribution in [3.05, 3.63) is 71.2 Å². The number of hydrogen-bond donors (Lipinski definition) is 2. The highest BCUT2D eigenvalue weighted by molar-refractivity contribution is 8.00. The van der Waals surface area contributed by atoms with Gasteiger partial charge in [-0.2, -0.15) is 13.2 Å². The lowest BCUT2D eigenvalue weighted by molar-refractivity contribution is -0.138. The molecule has 3 aromatic heterocycles. The molecule has 0 spiro atoms. The van der Waals surface area contributed by atoms with Crippen molar-refractivity contribution >= 4 is 34.6 Å². The molecule has 0 amide bonds. The lowest BCUT2D eigenvalue weighted by Crippen LogP contribution is -2.11. The minimum absolute atomic E-state index is 0.0795. The zero-order valence-corrected chi connectivity index (χ0v) is 17.1. The summed E-state index contributed by atoms with van der Waals surface area (Å²) in [5.41, 5.74) is 1.45. The predicted octanol–water partition coefficient (Wildman–Crippen LogP) is 4.73. The Morgan fingerprint density at radius 2 is 1.87 bits per heavy atom. The van der Waals surface area contributed by atoms with E-state index in [0.29, 0.717) is 21.7 Å². The molecule has 0 aliphatic carbocycles. The molecule has 3 heterocycles. The van der Waals surface area contributed by atoms with Crippen LogP contribution in [0.1, 0.15) is 32.9 Å². The number of aryl methyl sites for hydroxylation is 2. The number of imidazole rings is 1. The van der Waals surface area contributed by atoms with Crippen LogP contribution in [0.5, 0.6) is 0 Å². The SMILES string of the molecule is Cc1cnc(C(=O)c2ncnc3nc[nH]c23)c(NSc2ccc(C)c(C(F)(F)F)c2)c1. The van der Waals surface area contributed by atoms with E-state index in [1.165, 1.54) is 31.8 Å². The second-order valence-corrected chi connectivity index (χ2v) is 7.62. The number of carbonyl (C=O) groups is 1. The molecule has 0 atom stereocenters. The number of H-pyrrole nitrogens is 1. The smallest absolute Gasteiger partial charge is 0.341 e. The van der Waals surface area contributed by atoms with E-state index in [-0.39, 0.29) is 17.0 Å². The molecule has 4 rings (SSSR count). The minimum Gasteiger partial charge on any atom is -0.341 e.